The molecule has 8 nitrogen and oxygen atoms in total. The van der Waals surface area contributed by atoms with Gasteiger partial charge in [-0.25, -0.2) is 16.8 Å². The average molecular weight is 356 g/mol. The molecule has 23 heavy (non-hydrogen) atoms. The van der Waals surface area contributed by atoms with Gasteiger partial charge in [0.2, 0.25) is 10.0 Å². The number of rotatable bonds is 7. The summed E-state index contributed by atoms with van der Waals surface area (Å²) in [6.07, 6.45) is 0. The van der Waals surface area contributed by atoms with E-state index in [0.29, 0.717) is 11.3 Å². The number of nitrogens with one attached hydrogen (secondary N) is 3. The predicted molar refractivity (Wildman–Crippen MR) is 86.8 cm³/mol. The Labute approximate surface area is 134 Å². The van der Waals surface area contributed by atoms with Gasteiger partial charge in [-0.2, -0.15) is 4.83 Å². The molecule has 5 N–H and O–H groups in total. The van der Waals surface area contributed by atoms with Crippen LogP contribution < -0.4 is 20.9 Å². The van der Waals surface area contributed by atoms with E-state index in [1.165, 1.54) is 24.3 Å². The minimum Gasteiger partial charge on any atom is -0.308 e. The van der Waals surface area contributed by atoms with Gasteiger partial charge in [0.15, 0.2) is 0 Å². The smallest absolute Gasteiger partial charge is 0.253 e. The Bertz CT molecular complexity index is 851. The van der Waals surface area contributed by atoms with E-state index < -0.39 is 20.0 Å². The zero-order valence-electron chi connectivity index (χ0n) is 11.9. The number of hydrazine groups is 2. The van der Waals surface area contributed by atoms with Crippen LogP contribution in [0.15, 0.2) is 59.5 Å². The molecule has 0 saturated heterocycles. The quantitative estimate of drug-likeness (QED) is 0.416. The van der Waals surface area contributed by atoms with E-state index in [1.54, 1.807) is 35.2 Å². The molecule has 0 saturated carbocycles. The van der Waals surface area contributed by atoms with Crippen LogP contribution in [0.3, 0.4) is 0 Å². The second kappa shape index (κ2) is 7.06. The van der Waals surface area contributed by atoms with Gasteiger partial charge in [-0.05, 0) is 29.8 Å². The fourth-order valence-corrected chi connectivity index (χ4v) is 3.36. The van der Waals surface area contributed by atoms with E-state index in [1.807, 2.05) is 0 Å². The molecule has 0 aromatic heterocycles. The molecule has 2 aromatic rings. The molecular formula is C13H16N4O4S2. The summed E-state index contributed by atoms with van der Waals surface area (Å²) in [5.41, 5.74) is 3.55. The lowest BCUT2D eigenvalue weighted by atomic mass is 10.2. The summed E-state index contributed by atoms with van der Waals surface area (Å²) in [6, 6.07) is 14.1. The van der Waals surface area contributed by atoms with Crippen molar-refractivity contribution in [2.75, 3.05) is 5.43 Å². The zero-order valence-corrected chi connectivity index (χ0v) is 13.6. The van der Waals surface area contributed by atoms with Crippen LogP contribution in [0.2, 0.25) is 0 Å². The summed E-state index contributed by atoms with van der Waals surface area (Å²) in [6.45, 7) is 0. The molecule has 0 atom stereocenters. The number of hydrogen-bond donors (Lipinski definition) is 4. The van der Waals surface area contributed by atoms with Gasteiger partial charge in [0.25, 0.3) is 10.0 Å². The predicted octanol–water partition coefficient (Wildman–Crippen LogP) is 0.285. The Morgan fingerprint density at radius 1 is 0.870 bits per heavy atom. The maximum absolute atomic E-state index is 11.9. The molecule has 0 aliphatic heterocycles. The lowest BCUT2D eigenvalue weighted by molar-refractivity contribution is 0.583. The molecule has 0 amide bonds. The number of hydrogen-bond acceptors (Lipinski definition) is 6. The van der Waals surface area contributed by atoms with Crippen LogP contribution in [-0.4, -0.2) is 16.8 Å². The second-order valence-corrected chi connectivity index (χ2v) is 8.05. The van der Waals surface area contributed by atoms with Gasteiger partial charge in [0, 0.05) is 5.69 Å². The number of nitrogens with two attached hydrogens (primary N) is 1. The third-order valence-corrected chi connectivity index (χ3v) is 5.20. The molecule has 2 rings (SSSR count). The molecule has 124 valence electrons. The van der Waals surface area contributed by atoms with Crippen molar-refractivity contribution in [2.24, 2.45) is 5.84 Å². The molecule has 0 aliphatic carbocycles. The van der Waals surface area contributed by atoms with Crippen LogP contribution >= 0.6 is 0 Å². The van der Waals surface area contributed by atoms with Crippen LogP contribution in [0.4, 0.5) is 5.69 Å². The summed E-state index contributed by atoms with van der Waals surface area (Å²) in [7, 11) is -7.33. The Balaban J connectivity index is 2.00. The van der Waals surface area contributed by atoms with Crippen molar-refractivity contribution in [1.29, 1.82) is 0 Å². The van der Waals surface area contributed by atoms with Crippen molar-refractivity contribution in [3.63, 3.8) is 0 Å². The maximum Gasteiger partial charge on any atom is 0.253 e. The third-order valence-electron chi connectivity index (χ3n) is 2.87. The second-order valence-electron chi connectivity index (χ2n) is 4.62. The summed E-state index contributed by atoms with van der Waals surface area (Å²) in [4.78, 5) is 3.90. The van der Waals surface area contributed by atoms with Crippen molar-refractivity contribution in [3.8, 4) is 0 Å². The normalized spacial score (nSPS) is 12.0. The lowest BCUT2D eigenvalue weighted by Crippen LogP contribution is -2.31. The summed E-state index contributed by atoms with van der Waals surface area (Å²) in [5.74, 6) is 4.74. The number of benzene rings is 2. The molecule has 0 aliphatic rings. The summed E-state index contributed by atoms with van der Waals surface area (Å²) in [5, 5.41) is 0. The van der Waals surface area contributed by atoms with Crippen molar-refractivity contribution in [1.82, 2.24) is 9.66 Å². The van der Waals surface area contributed by atoms with Crippen LogP contribution in [-0.2, 0) is 25.8 Å². The molecular weight excluding hydrogens is 340 g/mol. The topological polar surface area (TPSA) is 130 Å². The fraction of sp³-hybridized carbons (Fsp3) is 0.0769. The van der Waals surface area contributed by atoms with Crippen LogP contribution in [0.5, 0.6) is 0 Å². The Morgan fingerprint density at radius 3 is 2.04 bits per heavy atom. The van der Waals surface area contributed by atoms with Gasteiger partial charge in [-0.15, -0.1) is 4.83 Å². The Hall–Kier alpha value is -1.98. The van der Waals surface area contributed by atoms with Gasteiger partial charge in [-0.3, -0.25) is 5.84 Å². The van der Waals surface area contributed by atoms with E-state index >= 15 is 0 Å². The van der Waals surface area contributed by atoms with Gasteiger partial charge in [-0.1, -0.05) is 30.3 Å². The third kappa shape index (κ3) is 5.01. The maximum atomic E-state index is 11.9. The molecule has 0 spiro atoms. The van der Waals surface area contributed by atoms with E-state index in [9.17, 15) is 16.8 Å². The first-order valence-corrected chi connectivity index (χ1v) is 9.58. The molecule has 0 heterocycles. The largest absolute Gasteiger partial charge is 0.308 e. The first kappa shape index (κ1) is 17.4. The first-order chi connectivity index (χ1) is 10.8. The van der Waals surface area contributed by atoms with Crippen molar-refractivity contribution >= 4 is 25.7 Å². The van der Waals surface area contributed by atoms with E-state index in [4.69, 9.17) is 5.84 Å². The van der Waals surface area contributed by atoms with E-state index in [0.717, 1.165) is 0 Å². The van der Waals surface area contributed by atoms with E-state index in [-0.39, 0.29) is 10.6 Å². The molecule has 10 heteroatoms. The minimum atomic E-state index is -3.74. The highest BCUT2D eigenvalue weighted by Gasteiger charge is 2.13. The van der Waals surface area contributed by atoms with Crippen LogP contribution in [0.1, 0.15) is 5.56 Å². The standard InChI is InChI=1S/C13H16N4O4S2/c14-16-23(20,21)13-8-6-12(7-9-13)15-17-22(18,19)10-11-4-2-1-3-5-11/h1-9,15-17H,10,14H2. The van der Waals surface area contributed by atoms with Crippen molar-refractivity contribution in [2.45, 2.75) is 10.6 Å². The summed E-state index contributed by atoms with van der Waals surface area (Å²) >= 11 is 0. The van der Waals surface area contributed by atoms with E-state index in [2.05, 4.69) is 10.3 Å². The Morgan fingerprint density at radius 2 is 1.48 bits per heavy atom. The van der Waals surface area contributed by atoms with Crippen LogP contribution in [0.25, 0.3) is 0 Å². The molecule has 0 fully saturated rings. The van der Waals surface area contributed by atoms with Crippen LogP contribution in [0, 0.1) is 0 Å². The van der Waals surface area contributed by atoms with Gasteiger partial charge in [0.1, 0.15) is 0 Å². The highest BCUT2D eigenvalue weighted by molar-refractivity contribution is 7.89. The molecule has 0 unspecified atom stereocenters. The van der Waals surface area contributed by atoms with Gasteiger partial charge in [0.05, 0.1) is 10.6 Å². The fourth-order valence-electron chi connectivity index (χ4n) is 1.75. The lowest BCUT2D eigenvalue weighted by Gasteiger charge is -2.10. The monoisotopic (exact) mass is 356 g/mol. The Kier molecular flexibility index (Phi) is 5.34. The van der Waals surface area contributed by atoms with Gasteiger partial charge >= 0.3 is 0 Å². The van der Waals surface area contributed by atoms with Gasteiger partial charge < -0.3 is 5.43 Å². The number of anilines is 1. The summed E-state index contributed by atoms with van der Waals surface area (Å²) < 4.78 is 46.8. The molecule has 2 aromatic carbocycles. The first-order valence-electron chi connectivity index (χ1n) is 6.44. The SMILES string of the molecule is NNS(=O)(=O)c1ccc(NNS(=O)(=O)Cc2ccccc2)cc1. The molecule has 0 bridgehead atoms. The zero-order chi connectivity index (χ0) is 16.9. The minimum absolute atomic E-state index is 0.0299. The van der Waals surface area contributed by atoms with Crippen molar-refractivity contribution in [3.05, 3.63) is 60.2 Å². The highest BCUT2D eigenvalue weighted by Crippen LogP contribution is 2.13. The van der Waals surface area contributed by atoms with Crippen molar-refractivity contribution < 1.29 is 16.8 Å². The molecule has 0 radical (unpaired) electrons. The number of sulfonamides is 2. The average Bonchev–Trinajstić information content (AvgIpc) is 2.54. The highest BCUT2D eigenvalue weighted by atomic mass is 32.2.